The first-order chi connectivity index (χ1) is 12.1. The van der Waals surface area contributed by atoms with Crippen molar-refractivity contribution in [2.45, 2.75) is 46.1 Å². The molecule has 0 atom stereocenters. The van der Waals surface area contributed by atoms with Crippen LogP contribution in [0.4, 0.5) is 0 Å². The van der Waals surface area contributed by atoms with Gasteiger partial charge in [-0.05, 0) is 38.0 Å². The van der Waals surface area contributed by atoms with E-state index in [4.69, 9.17) is 13.9 Å². The number of esters is 1. The summed E-state index contributed by atoms with van der Waals surface area (Å²) >= 11 is 0. The number of carbonyl (C=O) groups is 2. The van der Waals surface area contributed by atoms with Crippen molar-refractivity contribution < 1.29 is 23.5 Å². The summed E-state index contributed by atoms with van der Waals surface area (Å²) in [5.41, 5.74) is -1.05. The number of benzene rings is 1. The minimum absolute atomic E-state index is 0.0879. The summed E-state index contributed by atoms with van der Waals surface area (Å²) in [5.74, 6) is -0.160. The molecule has 6 heteroatoms. The maximum atomic E-state index is 12.8. The third-order valence-corrected chi connectivity index (χ3v) is 4.02. The Kier molecular flexibility index (Phi) is 5.85. The largest absolute Gasteiger partial charge is 0.496 e. The number of hydrogen-bond acceptors (Lipinski definition) is 6. The zero-order valence-corrected chi connectivity index (χ0v) is 15.8. The van der Waals surface area contributed by atoms with Crippen LogP contribution in [0.1, 0.15) is 39.7 Å². The maximum Gasteiger partial charge on any atom is 0.336 e. The molecule has 0 N–H and O–H groups in total. The molecule has 1 heterocycles. The van der Waals surface area contributed by atoms with Crippen molar-refractivity contribution in [2.24, 2.45) is 5.92 Å². The smallest absolute Gasteiger partial charge is 0.336 e. The van der Waals surface area contributed by atoms with Gasteiger partial charge in [0.25, 0.3) is 0 Å². The monoisotopic (exact) mass is 360 g/mol. The molecule has 0 aliphatic rings. The number of fused-ring (bicyclic) bond motifs is 1. The first-order valence-electron chi connectivity index (χ1n) is 8.49. The minimum Gasteiger partial charge on any atom is -0.496 e. The lowest BCUT2D eigenvalue weighted by Gasteiger charge is -2.24. The number of ketones is 1. The van der Waals surface area contributed by atoms with E-state index in [1.165, 1.54) is 13.2 Å². The summed E-state index contributed by atoms with van der Waals surface area (Å²) in [6.45, 7) is 6.92. The van der Waals surface area contributed by atoms with Gasteiger partial charge in [-0.2, -0.15) is 0 Å². The fourth-order valence-electron chi connectivity index (χ4n) is 2.62. The van der Waals surface area contributed by atoms with E-state index in [1.807, 2.05) is 13.8 Å². The SMILES string of the molecule is COc1ccc2ccc(=O)oc2c1CC(=O)C(C)(C)OC(=O)CC(C)C. The highest BCUT2D eigenvalue weighted by molar-refractivity contribution is 5.94. The first kappa shape index (κ1) is 19.7. The normalized spacial score (nSPS) is 11.6. The number of hydrogen-bond donors (Lipinski definition) is 0. The number of methoxy groups -OCH3 is 1. The number of rotatable bonds is 7. The van der Waals surface area contributed by atoms with Crippen molar-refractivity contribution >= 4 is 22.7 Å². The lowest BCUT2D eigenvalue weighted by atomic mass is 9.95. The van der Waals surface area contributed by atoms with Crippen LogP contribution in [0.2, 0.25) is 0 Å². The molecule has 0 bridgehead atoms. The Morgan fingerprint density at radius 3 is 2.42 bits per heavy atom. The molecule has 0 aliphatic carbocycles. The van der Waals surface area contributed by atoms with Crippen LogP contribution in [0, 0.1) is 5.92 Å². The Balaban J connectivity index is 2.34. The first-order valence-corrected chi connectivity index (χ1v) is 8.49. The zero-order valence-electron chi connectivity index (χ0n) is 15.8. The Labute approximate surface area is 152 Å². The number of ether oxygens (including phenoxy) is 2. The van der Waals surface area contributed by atoms with Crippen molar-refractivity contribution in [3.8, 4) is 5.75 Å². The highest BCUT2D eigenvalue weighted by atomic mass is 16.6. The van der Waals surface area contributed by atoms with Crippen molar-refractivity contribution in [2.75, 3.05) is 7.11 Å². The van der Waals surface area contributed by atoms with Gasteiger partial charge in [0.15, 0.2) is 11.4 Å². The summed E-state index contributed by atoms with van der Waals surface area (Å²) in [6.07, 6.45) is 0.151. The Morgan fingerprint density at radius 2 is 1.81 bits per heavy atom. The van der Waals surface area contributed by atoms with E-state index >= 15 is 0 Å². The molecule has 0 radical (unpaired) electrons. The van der Waals surface area contributed by atoms with E-state index in [1.54, 1.807) is 32.0 Å². The van der Waals surface area contributed by atoms with E-state index in [0.29, 0.717) is 22.3 Å². The van der Waals surface area contributed by atoms with Crippen LogP contribution in [0.25, 0.3) is 11.0 Å². The van der Waals surface area contributed by atoms with Gasteiger partial charge in [-0.15, -0.1) is 0 Å². The van der Waals surface area contributed by atoms with Crippen LogP contribution in [-0.2, 0) is 20.7 Å². The molecular formula is C20H24O6. The van der Waals surface area contributed by atoms with E-state index in [0.717, 1.165) is 0 Å². The quantitative estimate of drug-likeness (QED) is 0.557. The summed E-state index contributed by atoms with van der Waals surface area (Å²) in [7, 11) is 1.48. The second-order valence-electron chi connectivity index (χ2n) is 7.10. The number of Topliss-reactive ketones (excluding diaryl/α,β-unsaturated/α-hetero) is 1. The van der Waals surface area contributed by atoms with Gasteiger partial charge in [0.05, 0.1) is 7.11 Å². The molecule has 0 fully saturated rings. The Hall–Kier alpha value is -2.63. The van der Waals surface area contributed by atoms with Gasteiger partial charge in [-0.1, -0.05) is 13.8 Å². The highest BCUT2D eigenvalue weighted by Gasteiger charge is 2.33. The van der Waals surface area contributed by atoms with E-state index < -0.39 is 17.2 Å². The maximum absolute atomic E-state index is 12.8. The van der Waals surface area contributed by atoms with Crippen LogP contribution < -0.4 is 10.4 Å². The topological polar surface area (TPSA) is 82.8 Å². The molecule has 0 amide bonds. The lowest BCUT2D eigenvalue weighted by molar-refractivity contribution is -0.164. The van der Waals surface area contributed by atoms with E-state index in [-0.39, 0.29) is 24.5 Å². The van der Waals surface area contributed by atoms with Crippen LogP contribution in [0.15, 0.2) is 33.5 Å². The second kappa shape index (κ2) is 7.72. The van der Waals surface area contributed by atoms with Gasteiger partial charge in [-0.25, -0.2) is 4.79 Å². The van der Waals surface area contributed by atoms with Gasteiger partial charge in [0, 0.05) is 29.9 Å². The summed E-state index contributed by atoms with van der Waals surface area (Å²) in [4.78, 5) is 36.4. The molecule has 0 spiro atoms. The third kappa shape index (κ3) is 4.50. The lowest BCUT2D eigenvalue weighted by Crippen LogP contribution is -2.38. The summed E-state index contributed by atoms with van der Waals surface area (Å²) in [5, 5.41) is 0.683. The van der Waals surface area contributed by atoms with Crippen molar-refractivity contribution in [3.63, 3.8) is 0 Å². The van der Waals surface area contributed by atoms with Crippen LogP contribution in [-0.4, -0.2) is 24.5 Å². The molecule has 2 aromatic rings. The van der Waals surface area contributed by atoms with Gasteiger partial charge in [-0.3, -0.25) is 9.59 Å². The van der Waals surface area contributed by atoms with Crippen molar-refractivity contribution in [3.05, 3.63) is 40.2 Å². The zero-order chi connectivity index (χ0) is 19.5. The average molecular weight is 360 g/mol. The van der Waals surface area contributed by atoms with Gasteiger partial charge in [0.1, 0.15) is 11.3 Å². The third-order valence-electron chi connectivity index (χ3n) is 4.02. The standard InChI is InChI=1S/C20H24O6/c1-12(2)10-18(23)26-20(3,4)16(21)11-14-15(24-5)8-6-13-7-9-17(22)25-19(13)14/h6-9,12H,10-11H2,1-5H3. The van der Waals surface area contributed by atoms with Gasteiger partial charge in [0.2, 0.25) is 0 Å². The molecular weight excluding hydrogens is 336 g/mol. The predicted molar refractivity (Wildman–Crippen MR) is 97.4 cm³/mol. The van der Waals surface area contributed by atoms with E-state index in [2.05, 4.69) is 0 Å². The van der Waals surface area contributed by atoms with Gasteiger partial charge >= 0.3 is 11.6 Å². The molecule has 0 saturated heterocycles. The minimum atomic E-state index is -1.30. The average Bonchev–Trinajstić information content (AvgIpc) is 2.53. The van der Waals surface area contributed by atoms with Crippen LogP contribution in [0.3, 0.4) is 0 Å². The van der Waals surface area contributed by atoms with Crippen LogP contribution >= 0.6 is 0 Å². The predicted octanol–water partition coefficient (Wildman–Crippen LogP) is 3.28. The molecule has 6 nitrogen and oxygen atoms in total. The van der Waals surface area contributed by atoms with Crippen molar-refractivity contribution in [1.29, 1.82) is 0 Å². The van der Waals surface area contributed by atoms with Crippen molar-refractivity contribution in [1.82, 2.24) is 0 Å². The summed E-state index contributed by atoms with van der Waals surface area (Å²) in [6, 6.07) is 6.40. The molecule has 1 aromatic carbocycles. The fourth-order valence-corrected chi connectivity index (χ4v) is 2.62. The fraction of sp³-hybridized carbons (Fsp3) is 0.450. The highest BCUT2D eigenvalue weighted by Crippen LogP contribution is 2.29. The molecule has 1 aromatic heterocycles. The molecule has 0 saturated carbocycles. The molecule has 26 heavy (non-hydrogen) atoms. The molecule has 2 rings (SSSR count). The number of carbonyl (C=O) groups excluding carboxylic acids is 2. The molecule has 140 valence electrons. The summed E-state index contributed by atoms with van der Waals surface area (Å²) < 4.78 is 16.0. The van der Waals surface area contributed by atoms with Crippen LogP contribution in [0.5, 0.6) is 5.75 Å². The Morgan fingerprint density at radius 1 is 1.15 bits per heavy atom. The van der Waals surface area contributed by atoms with E-state index in [9.17, 15) is 14.4 Å². The molecule has 0 unspecified atom stereocenters. The second-order valence-corrected chi connectivity index (χ2v) is 7.10. The Bertz CT molecular complexity index is 875. The van der Waals surface area contributed by atoms with Gasteiger partial charge < -0.3 is 13.9 Å². The molecule has 0 aliphatic heterocycles.